The van der Waals surface area contributed by atoms with Gasteiger partial charge in [0.25, 0.3) is 12.1 Å². The lowest BCUT2D eigenvalue weighted by Gasteiger charge is -2.10. The predicted octanol–water partition coefficient (Wildman–Crippen LogP) is 2.57. The highest BCUT2D eigenvalue weighted by molar-refractivity contribution is 5.56. The Kier molecular flexibility index (Phi) is 4.18. The Balaban J connectivity index is 2.08. The molecule has 0 aliphatic heterocycles. The minimum absolute atomic E-state index is 0.147. The monoisotopic (exact) mass is 284 g/mol. The van der Waals surface area contributed by atoms with E-state index in [1.807, 2.05) is 0 Å². The SMILES string of the molecule is O=[N+]([O-])c1ccc(NCCc2ncon2)c(C(F)F)c1. The number of aromatic nitrogens is 2. The standard InChI is InChI=1S/C11H10F2N4O3/c12-11(13)8-5-7(17(18)19)1-2-9(8)14-4-3-10-15-6-20-16-10/h1-2,5-6,11,14H,3-4H2. The molecule has 0 unspecified atom stereocenters. The average Bonchev–Trinajstić information content (AvgIpc) is 2.91. The maximum absolute atomic E-state index is 12.9. The fraction of sp³-hybridized carbons (Fsp3) is 0.273. The van der Waals surface area contributed by atoms with Crippen LogP contribution in [0.15, 0.2) is 29.1 Å². The normalized spacial score (nSPS) is 10.8. The maximum Gasteiger partial charge on any atom is 0.270 e. The van der Waals surface area contributed by atoms with E-state index < -0.39 is 16.9 Å². The zero-order valence-corrected chi connectivity index (χ0v) is 10.1. The molecule has 0 saturated heterocycles. The summed E-state index contributed by atoms with van der Waals surface area (Å²) in [5, 5.41) is 16.9. The fourth-order valence-electron chi connectivity index (χ4n) is 1.62. The van der Waals surface area contributed by atoms with E-state index in [-0.39, 0.29) is 11.4 Å². The Morgan fingerprint density at radius 2 is 2.25 bits per heavy atom. The van der Waals surface area contributed by atoms with Gasteiger partial charge in [-0.3, -0.25) is 10.1 Å². The third-order valence-electron chi connectivity index (χ3n) is 2.55. The summed E-state index contributed by atoms with van der Waals surface area (Å²) in [6, 6.07) is 3.29. The van der Waals surface area contributed by atoms with Gasteiger partial charge < -0.3 is 9.84 Å². The summed E-state index contributed by atoms with van der Waals surface area (Å²) in [6.45, 7) is 0.303. The van der Waals surface area contributed by atoms with Gasteiger partial charge in [-0.25, -0.2) is 8.78 Å². The molecule has 0 amide bonds. The van der Waals surface area contributed by atoms with Crippen molar-refractivity contribution in [1.29, 1.82) is 0 Å². The second-order valence-corrected chi connectivity index (χ2v) is 3.85. The minimum atomic E-state index is -2.80. The van der Waals surface area contributed by atoms with Crippen molar-refractivity contribution in [3.8, 4) is 0 Å². The zero-order valence-electron chi connectivity index (χ0n) is 10.1. The van der Waals surface area contributed by atoms with Crippen LogP contribution in [0.1, 0.15) is 17.8 Å². The third-order valence-corrected chi connectivity index (χ3v) is 2.55. The molecule has 20 heavy (non-hydrogen) atoms. The van der Waals surface area contributed by atoms with Gasteiger partial charge in [0.1, 0.15) is 0 Å². The number of hydrogen-bond donors (Lipinski definition) is 1. The largest absolute Gasteiger partial charge is 0.384 e. The molecule has 2 aromatic rings. The van der Waals surface area contributed by atoms with Gasteiger partial charge in [-0.2, -0.15) is 4.98 Å². The molecule has 0 bridgehead atoms. The van der Waals surface area contributed by atoms with Gasteiger partial charge in [-0.1, -0.05) is 5.16 Å². The molecule has 2 rings (SSSR count). The minimum Gasteiger partial charge on any atom is -0.384 e. The summed E-state index contributed by atoms with van der Waals surface area (Å²) >= 11 is 0. The third kappa shape index (κ3) is 3.25. The number of benzene rings is 1. The van der Waals surface area contributed by atoms with Gasteiger partial charge in [0.05, 0.1) is 4.92 Å². The first-order valence-corrected chi connectivity index (χ1v) is 5.63. The van der Waals surface area contributed by atoms with Crippen LogP contribution in [0.2, 0.25) is 0 Å². The molecule has 0 atom stereocenters. The highest BCUT2D eigenvalue weighted by Gasteiger charge is 2.17. The maximum atomic E-state index is 12.9. The fourth-order valence-corrected chi connectivity index (χ4v) is 1.62. The van der Waals surface area contributed by atoms with Crippen LogP contribution in [-0.2, 0) is 6.42 Å². The van der Waals surface area contributed by atoms with E-state index in [1.165, 1.54) is 18.5 Å². The first-order chi connectivity index (χ1) is 9.58. The molecule has 0 aliphatic carbocycles. The number of non-ortho nitro benzene ring substituents is 1. The van der Waals surface area contributed by atoms with Crippen LogP contribution in [-0.4, -0.2) is 21.6 Å². The number of nitro groups is 1. The Morgan fingerprint density at radius 3 is 2.85 bits per heavy atom. The lowest BCUT2D eigenvalue weighted by atomic mass is 10.1. The number of rotatable bonds is 6. The van der Waals surface area contributed by atoms with Gasteiger partial charge in [-0.05, 0) is 6.07 Å². The molecule has 0 spiro atoms. The molecule has 1 aromatic carbocycles. The van der Waals surface area contributed by atoms with E-state index in [2.05, 4.69) is 20.0 Å². The van der Waals surface area contributed by atoms with E-state index in [1.54, 1.807) is 0 Å². The smallest absolute Gasteiger partial charge is 0.270 e. The highest BCUT2D eigenvalue weighted by atomic mass is 19.3. The van der Waals surface area contributed by atoms with Crippen molar-refractivity contribution in [3.05, 3.63) is 46.1 Å². The molecular formula is C11H10F2N4O3. The van der Waals surface area contributed by atoms with Gasteiger partial charge in [0.2, 0.25) is 6.39 Å². The molecule has 0 fully saturated rings. The molecule has 106 valence electrons. The van der Waals surface area contributed by atoms with E-state index in [0.29, 0.717) is 18.8 Å². The highest BCUT2D eigenvalue weighted by Crippen LogP contribution is 2.30. The molecule has 1 heterocycles. The molecule has 1 aromatic heterocycles. The first kappa shape index (κ1) is 13.8. The number of halogens is 2. The number of nitrogens with zero attached hydrogens (tertiary/aromatic N) is 3. The van der Waals surface area contributed by atoms with Crippen LogP contribution in [0.3, 0.4) is 0 Å². The summed E-state index contributed by atoms with van der Waals surface area (Å²) in [7, 11) is 0. The Hall–Kier alpha value is -2.58. The molecule has 0 radical (unpaired) electrons. The summed E-state index contributed by atoms with van der Waals surface area (Å²) in [4.78, 5) is 13.6. The second-order valence-electron chi connectivity index (χ2n) is 3.85. The van der Waals surface area contributed by atoms with Crippen molar-refractivity contribution in [2.75, 3.05) is 11.9 Å². The summed E-state index contributed by atoms with van der Waals surface area (Å²) in [6.07, 6.45) is -1.25. The Labute approximate surface area is 111 Å². The van der Waals surface area contributed by atoms with Crippen LogP contribution < -0.4 is 5.32 Å². The lowest BCUT2D eigenvalue weighted by molar-refractivity contribution is -0.385. The first-order valence-electron chi connectivity index (χ1n) is 5.63. The quantitative estimate of drug-likeness (QED) is 0.647. The van der Waals surface area contributed by atoms with Crippen molar-refractivity contribution in [2.24, 2.45) is 0 Å². The Morgan fingerprint density at radius 1 is 1.45 bits per heavy atom. The molecule has 7 nitrogen and oxygen atoms in total. The van der Waals surface area contributed by atoms with E-state index in [4.69, 9.17) is 0 Å². The van der Waals surface area contributed by atoms with Gasteiger partial charge in [0, 0.05) is 36.3 Å². The number of nitrogens with one attached hydrogen (secondary N) is 1. The molecule has 9 heteroatoms. The Bertz CT molecular complexity index is 589. The molecule has 0 aliphatic rings. The lowest BCUT2D eigenvalue weighted by Crippen LogP contribution is -2.08. The summed E-state index contributed by atoms with van der Waals surface area (Å²) in [5.41, 5.74) is -0.634. The average molecular weight is 284 g/mol. The number of nitro benzene ring substituents is 1. The van der Waals surface area contributed by atoms with Crippen LogP contribution in [0.25, 0.3) is 0 Å². The number of alkyl halides is 2. The molecular weight excluding hydrogens is 274 g/mol. The number of anilines is 1. The summed E-state index contributed by atoms with van der Waals surface area (Å²) < 4.78 is 30.3. The van der Waals surface area contributed by atoms with Crippen molar-refractivity contribution in [3.63, 3.8) is 0 Å². The zero-order chi connectivity index (χ0) is 14.5. The topological polar surface area (TPSA) is 94.1 Å². The van der Waals surface area contributed by atoms with Crippen molar-refractivity contribution in [1.82, 2.24) is 10.1 Å². The van der Waals surface area contributed by atoms with Gasteiger partial charge in [0.15, 0.2) is 5.82 Å². The second kappa shape index (κ2) is 6.04. The number of hydrogen-bond acceptors (Lipinski definition) is 6. The molecule has 0 saturated carbocycles. The van der Waals surface area contributed by atoms with Crippen LogP contribution >= 0.6 is 0 Å². The van der Waals surface area contributed by atoms with E-state index in [0.717, 1.165) is 6.07 Å². The van der Waals surface area contributed by atoms with E-state index >= 15 is 0 Å². The van der Waals surface area contributed by atoms with E-state index in [9.17, 15) is 18.9 Å². The van der Waals surface area contributed by atoms with Gasteiger partial charge >= 0.3 is 0 Å². The predicted molar refractivity (Wildman–Crippen MR) is 64.5 cm³/mol. The van der Waals surface area contributed by atoms with Crippen LogP contribution in [0.4, 0.5) is 20.2 Å². The summed E-state index contributed by atoms with van der Waals surface area (Å²) in [5.74, 6) is 0.443. The van der Waals surface area contributed by atoms with Crippen molar-refractivity contribution >= 4 is 11.4 Å². The van der Waals surface area contributed by atoms with Crippen LogP contribution in [0.5, 0.6) is 0 Å². The van der Waals surface area contributed by atoms with Gasteiger partial charge in [-0.15, -0.1) is 0 Å². The van der Waals surface area contributed by atoms with Crippen molar-refractivity contribution < 1.29 is 18.2 Å². The van der Waals surface area contributed by atoms with Crippen LogP contribution in [0, 0.1) is 10.1 Å². The van der Waals surface area contributed by atoms with Crippen molar-refractivity contribution in [2.45, 2.75) is 12.8 Å². The molecule has 1 N–H and O–H groups in total.